The van der Waals surface area contributed by atoms with E-state index in [-0.39, 0.29) is 11.6 Å². The largest absolute Gasteiger partial charge is 0.478 e. The molecule has 2 aliphatic rings. The molecular weight excluding hydrogens is 320 g/mol. The summed E-state index contributed by atoms with van der Waals surface area (Å²) in [6.07, 6.45) is 8.02. The molecule has 3 rings (SSSR count). The summed E-state index contributed by atoms with van der Waals surface area (Å²) in [6, 6.07) is 0.262. The predicted molar refractivity (Wildman–Crippen MR) is 84.0 cm³/mol. The second kappa shape index (κ2) is 5.91. The first-order valence-corrected chi connectivity index (χ1v) is 8.91. The normalized spacial score (nSPS) is 22.7. The molecule has 4 N–H and O–H groups in total. The molecule has 0 spiro atoms. The molecule has 0 amide bonds. The fourth-order valence-corrected chi connectivity index (χ4v) is 3.89. The zero-order valence-corrected chi connectivity index (χ0v) is 13.2. The maximum absolute atomic E-state index is 11.6. The van der Waals surface area contributed by atoms with Crippen molar-refractivity contribution in [2.75, 3.05) is 13.1 Å². The Morgan fingerprint density at radius 2 is 2.09 bits per heavy atom. The van der Waals surface area contributed by atoms with Crippen molar-refractivity contribution >= 4 is 21.6 Å². The zero-order valence-electron chi connectivity index (χ0n) is 12.3. The number of piperidine rings is 1. The average molecular weight is 338 g/mol. The van der Waals surface area contributed by atoms with Crippen molar-refractivity contribution in [2.24, 2.45) is 5.14 Å². The third-order valence-electron chi connectivity index (χ3n) is 4.19. The minimum Gasteiger partial charge on any atom is -0.478 e. The highest BCUT2D eigenvalue weighted by atomic mass is 32.2. The van der Waals surface area contributed by atoms with Crippen LogP contribution in [0.5, 0.6) is 0 Å². The predicted octanol–water partition coefficient (Wildman–Crippen LogP) is -0.127. The summed E-state index contributed by atoms with van der Waals surface area (Å²) in [5, 5.41) is 20.8. The standard InChI is InChI=1S/C14H18N4O4S/c15-23(21,22)12-2-1-11(13(12)14(19)20)9-7-17-18(8-9)10-3-5-16-6-4-10/h1-2,7-8,10,12,16H,3-6H2,(H,19,20)(H2,15,21,22). The number of hydrogen-bond donors (Lipinski definition) is 3. The number of hydrogen-bond acceptors (Lipinski definition) is 5. The van der Waals surface area contributed by atoms with E-state index in [0.717, 1.165) is 25.9 Å². The van der Waals surface area contributed by atoms with Crippen LogP contribution in [0.2, 0.25) is 0 Å². The Morgan fingerprint density at radius 3 is 2.70 bits per heavy atom. The highest BCUT2D eigenvalue weighted by molar-refractivity contribution is 7.90. The summed E-state index contributed by atoms with van der Waals surface area (Å²) < 4.78 is 25.0. The molecule has 9 heteroatoms. The summed E-state index contributed by atoms with van der Waals surface area (Å²) in [6.45, 7) is 1.83. The van der Waals surface area contributed by atoms with E-state index in [2.05, 4.69) is 10.4 Å². The Balaban J connectivity index is 1.97. The molecule has 0 radical (unpaired) electrons. The van der Waals surface area contributed by atoms with Gasteiger partial charge in [-0.1, -0.05) is 12.2 Å². The number of nitrogens with two attached hydrogens (primary N) is 1. The molecule has 1 fully saturated rings. The summed E-state index contributed by atoms with van der Waals surface area (Å²) in [7, 11) is -4.01. The molecular formula is C14H18N4O4S. The van der Waals surface area contributed by atoms with E-state index in [1.165, 1.54) is 12.2 Å². The van der Waals surface area contributed by atoms with E-state index >= 15 is 0 Å². The van der Waals surface area contributed by atoms with E-state index in [1.807, 2.05) is 4.68 Å². The van der Waals surface area contributed by atoms with Crippen LogP contribution in [0.15, 0.2) is 30.1 Å². The lowest BCUT2D eigenvalue weighted by molar-refractivity contribution is -0.132. The number of carboxylic acid groups (broad SMARTS) is 1. The highest BCUT2D eigenvalue weighted by Gasteiger charge is 2.35. The topological polar surface area (TPSA) is 127 Å². The van der Waals surface area contributed by atoms with Crippen molar-refractivity contribution in [2.45, 2.75) is 24.1 Å². The van der Waals surface area contributed by atoms with Crippen molar-refractivity contribution in [1.82, 2.24) is 15.1 Å². The number of sulfonamides is 1. The van der Waals surface area contributed by atoms with Crippen LogP contribution in [-0.4, -0.2) is 47.6 Å². The number of primary sulfonamides is 1. The smallest absolute Gasteiger partial charge is 0.333 e. The van der Waals surface area contributed by atoms with Crippen LogP contribution in [0.3, 0.4) is 0 Å². The van der Waals surface area contributed by atoms with Gasteiger partial charge in [0, 0.05) is 11.8 Å². The number of nitrogens with one attached hydrogen (secondary N) is 1. The summed E-state index contributed by atoms with van der Waals surface area (Å²) in [5.41, 5.74) is 0.706. The van der Waals surface area contributed by atoms with Crippen LogP contribution >= 0.6 is 0 Å². The summed E-state index contributed by atoms with van der Waals surface area (Å²) in [4.78, 5) is 11.5. The van der Waals surface area contributed by atoms with Crippen molar-refractivity contribution in [3.63, 3.8) is 0 Å². The molecule has 1 aromatic heterocycles. The molecule has 1 saturated heterocycles. The van der Waals surface area contributed by atoms with Gasteiger partial charge in [0.1, 0.15) is 5.25 Å². The quantitative estimate of drug-likeness (QED) is 0.702. The van der Waals surface area contributed by atoms with E-state index in [9.17, 15) is 18.3 Å². The van der Waals surface area contributed by atoms with Crippen molar-refractivity contribution in [3.05, 3.63) is 35.7 Å². The molecule has 1 aliphatic carbocycles. The number of aromatic nitrogens is 2. The number of nitrogens with zero attached hydrogens (tertiary/aromatic N) is 2. The van der Waals surface area contributed by atoms with Gasteiger partial charge in [0.2, 0.25) is 10.0 Å². The van der Waals surface area contributed by atoms with Crippen LogP contribution in [0.25, 0.3) is 5.57 Å². The minimum absolute atomic E-state index is 0.225. The van der Waals surface area contributed by atoms with Gasteiger partial charge in [-0.15, -0.1) is 0 Å². The summed E-state index contributed by atoms with van der Waals surface area (Å²) in [5.74, 6) is -1.29. The van der Waals surface area contributed by atoms with Crippen LogP contribution in [0.4, 0.5) is 0 Å². The second-order valence-corrected chi connectivity index (χ2v) is 7.38. The number of aliphatic carboxylic acids is 1. The molecule has 1 aromatic rings. The lowest BCUT2D eigenvalue weighted by atomic mass is 10.1. The molecule has 1 atom stereocenters. The van der Waals surface area contributed by atoms with Gasteiger partial charge in [-0.25, -0.2) is 18.4 Å². The highest BCUT2D eigenvalue weighted by Crippen LogP contribution is 2.32. The van der Waals surface area contributed by atoms with Crippen molar-refractivity contribution in [3.8, 4) is 0 Å². The van der Waals surface area contributed by atoms with Gasteiger partial charge in [0.05, 0.1) is 17.8 Å². The molecule has 8 nitrogen and oxygen atoms in total. The van der Waals surface area contributed by atoms with Crippen molar-refractivity contribution in [1.29, 1.82) is 0 Å². The van der Waals surface area contributed by atoms with Gasteiger partial charge in [-0.2, -0.15) is 5.10 Å². The molecule has 124 valence electrons. The molecule has 0 saturated carbocycles. The van der Waals surface area contributed by atoms with E-state index in [4.69, 9.17) is 5.14 Å². The van der Waals surface area contributed by atoms with Crippen molar-refractivity contribution < 1.29 is 18.3 Å². The monoisotopic (exact) mass is 338 g/mol. The molecule has 2 heterocycles. The van der Waals surface area contributed by atoms with Crippen LogP contribution in [-0.2, 0) is 14.8 Å². The fourth-order valence-electron chi connectivity index (χ4n) is 3.03. The SMILES string of the molecule is NS(=O)(=O)C1C=CC(c2cnn(C3CCNCC3)c2)=C1C(=O)O. The fraction of sp³-hybridized carbons (Fsp3) is 0.429. The Bertz CT molecular complexity index is 787. The molecule has 0 bridgehead atoms. The third kappa shape index (κ3) is 3.07. The van der Waals surface area contributed by atoms with Gasteiger partial charge in [-0.05, 0) is 31.5 Å². The average Bonchev–Trinajstić information content (AvgIpc) is 3.14. The first-order chi connectivity index (χ1) is 10.9. The molecule has 23 heavy (non-hydrogen) atoms. The lowest BCUT2D eigenvalue weighted by Crippen LogP contribution is -2.30. The van der Waals surface area contributed by atoms with E-state index < -0.39 is 21.2 Å². The van der Waals surface area contributed by atoms with Crippen LogP contribution in [0.1, 0.15) is 24.4 Å². The van der Waals surface area contributed by atoms with Crippen LogP contribution in [0, 0.1) is 0 Å². The first-order valence-electron chi connectivity index (χ1n) is 7.30. The molecule has 1 unspecified atom stereocenters. The Kier molecular flexibility index (Phi) is 4.09. The second-order valence-electron chi connectivity index (χ2n) is 5.69. The number of carbonyl (C=O) groups is 1. The minimum atomic E-state index is -4.01. The Hall–Kier alpha value is -1.97. The Morgan fingerprint density at radius 1 is 1.39 bits per heavy atom. The van der Waals surface area contributed by atoms with E-state index in [1.54, 1.807) is 12.4 Å². The van der Waals surface area contributed by atoms with Crippen LogP contribution < -0.4 is 10.5 Å². The van der Waals surface area contributed by atoms with Gasteiger partial charge in [-0.3, -0.25) is 4.68 Å². The Labute approximate surface area is 133 Å². The van der Waals surface area contributed by atoms with Gasteiger partial charge in [0.25, 0.3) is 0 Å². The lowest BCUT2D eigenvalue weighted by Gasteiger charge is -2.22. The number of allylic oxidation sites excluding steroid dienone is 2. The maximum Gasteiger partial charge on any atom is 0.333 e. The zero-order chi connectivity index (χ0) is 16.6. The third-order valence-corrected chi connectivity index (χ3v) is 5.29. The maximum atomic E-state index is 11.6. The summed E-state index contributed by atoms with van der Waals surface area (Å²) >= 11 is 0. The number of rotatable bonds is 4. The van der Waals surface area contributed by atoms with Gasteiger partial charge in [0.15, 0.2) is 0 Å². The van der Waals surface area contributed by atoms with E-state index in [0.29, 0.717) is 11.1 Å². The number of carboxylic acids is 1. The first kappa shape index (κ1) is 15.9. The molecule has 1 aliphatic heterocycles. The van der Waals surface area contributed by atoms with Gasteiger partial charge < -0.3 is 10.4 Å². The van der Waals surface area contributed by atoms with Gasteiger partial charge >= 0.3 is 5.97 Å². The molecule has 0 aromatic carbocycles.